The number of nitrogens with zero attached hydrogens (tertiary/aromatic N) is 5. The highest BCUT2D eigenvalue weighted by atomic mass is 32.1. The van der Waals surface area contributed by atoms with Crippen molar-refractivity contribution < 1.29 is 9.47 Å². The number of thiazole rings is 1. The maximum Gasteiger partial charge on any atom is 0.233 e. The molecule has 5 heterocycles. The fourth-order valence-electron chi connectivity index (χ4n) is 4.76. The molecule has 2 aliphatic heterocycles. The molecule has 162 valence electrons. The largest absolute Gasteiger partial charge is 0.481 e. The Morgan fingerprint density at radius 2 is 1.75 bits per heavy atom. The first-order valence-electron chi connectivity index (χ1n) is 10.8. The van der Waals surface area contributed by atoms with E-state index in [2.05, 4.69) is 30.5 Å². The average molecular weight is 447 g/mol. The molecule has 0 radical (unpaired) electrons. The molecular formula is C23H22N6O2S. The van der Waals surface area contributed by atoms with Crippen molar-refractivity contribution in [3.05, 3.63) is 42.2 Å². The Balaban J connectivity index is 1.28. The number of benzene rings is 1. The fraction of sp³-hybridized carbons (Fsp3) is 0.348. The van der Waals surface area contributed by atoms with Crippen molar-refractivity contribution in [2.75, 3.05) is 7.11 Å². The molecule has 2 bridgehead atoms. The summed E-state index contributed by atoms with van der Waals surface area (Å²) in [6.45, 7) is 0. The molecule has 2 aliphatic rings. The fourth-order valence-corrected chi connectivity index (χ4v) is 5.59. The van der Waals surface area contributed by atoms with E-state index < -0.39 is 0 Å². The van der Waals surface area contributed by atoms with Crippen molar-refractivity contribution in [1.82, 2.24) is 30.5 Å². The number of piperidine rings is 1. The lowest BCUT2D eigenvalue weighted by Crippen LogP contribution is -2.42. The van der Waals surface area contributed by atoms with Crippen LogP contribution < -0.4 is 14.8 Å². The van der Waals surface area contributed by atoms with Crippen LogP contribution in [-0.2, 0) is 0 Å². The van der Waals surface area contributed by atoms with Crippen LogP contribution in [-0.4, -0.2) is 50.4 Å². The van der Waals surface area contributed by atoms with Gasteiger partial charge in [-0.2, -0.15) is 0 Å². The lowest BCUT2D eigenvalue weighted by atomic mass is 10.0. The highest BCUT2D eigenvalue weighted by Gasteiger charge is 2.34. The van der Waals surface area contributed by atoms with Gasteiger partial charge in [0.15, 0.2) is 0 Å². The van der Waals surface area contributed by atoms with Crippen LogP contribution in [0.4, 0.5) is 0 Å². The summed E-state index contributed by atoms with van der Waals surface area (Å²) >= 11 is 1.58. The average Bonchev–Trinajstić information content (AvgIpc) is 3.45. The summed E-state index contributed by atoms with van der Waals surface area (Å²) in [6, 6.07) is 10.9. The van der Waals surface area contributed by atoms with Crippen molar-refractivity contribution in [1.29, 1.82) is 0 Å². The van der Waals surface area contributed by atoms with E-state index in [1.165, 1.54) is 19.2 Å². The minimum absolute atomic E-state index is 0.214. The highest BCUT2D eigenvalue weighted by Crippen LogP contribution is 2.36. The first kappa shape index (κ1) is 19.5. The molecule has 3 aromatic heterocycles. The summed E-state index contributed by atoms with van der Waals surface area (Å²) in [6.07, 6.45) is 6.28. The van der Waals surface area contributed by atoms with Gasteiger partial charge in [-0.05, 0) is 37.8 Å². The quantitative estimate of drug-likeness (QED) is 0.494. The summed E-state index contributed by atoms with van der Waals surface area (Å²) in [4.78, 5) is 13.1. The maximum absolute atomic E-state index is 6.15. The van der Waals surface area contributed by atoms with Crippen LogP contribution in [0.5, 0.6) is 11.8 Å². The standard InChI is InChI=1S/C23H22N6O2S/c1-30-21-10-19(24-11-25-21)16-4-5-17(23-22(16)26-12-32-23)18-6-7-20(29-28-18)31-15-8-13-2-3-14(9-15)27-13/h4-7,10-15,27H,2-3,8-9H2,1H3. The Bertz CT molecular complexity index is 1250. The third kappa shape index (κ3) is 3.57. The Morgan fingerprint density at radius 3 is 2.53 bits per heavy atom. The monoisotopic (exact) mass is 446 g/mol. The lowest BCUT2D eigenvalue weighted by Gasteiger charge is -2.28. The number of ether oxygens (including phenoxy) is 2. The Morgan fingerprint density at radius 1 is 0.906 bits per heavy atom. The molecular weight excluding hydrogens is 424 g/mol. The van der Waals surface area contributed by atoms with E-state index >= 15 is 0 Å². The van der Waals surface area contributed by atoms with Gasteiger partial charge in [-0.1, -0.05) is 6.07 Å². The minimum Gasteiger partial charge on any atom is -0.481 e. The predicted octanol–water partition coefficient (Wildman–Crippen LogP) is 3.88. The van der Waals surface area contributed by atoms with E-state index in [4.69, 9.17) is 9.47 Å². The zero-order chi connectivity index (χ0) is 21.5. The third-order valence-corrected chi connectivity index (χ3v) is 7.10. The Hall–Kier alpha value is -3.17. The predicted molar refractivity (Wildman–Crippen MR) is 122 cm³/mol. The zero-order valence-corrected chi connectivity index (χ0v) is 18.4. The first-order valence-corrected chi connectivity index (χ1v) is 11.6. The summed E-state index contributed by atoms with van der Waals surface area (Å²) in [7, 11) is 1.59. The van der Waals surface area contributed by atoms with E-state index in [0.717, 1.165) is 45.6 Å². The second-order valence-corrected chi connectivity index (χ2v) is 9.10. The van der Waals surface area contributed by atoms with E-state index in [1.807, 2.05) is 35.8 Å². The zero-order valence-electron chi connectivity index (χ0n) is 17.6. The molecule has 2 atom stereocenters. The second kappa shape index (κ2) is 8.07. The van der Waals surface area contributed by atoms with Gasteiger partial charge in [-0.15, -0.1) is 21.5 Å². The summed E-state index contributed by atoms with van der Waals surface area (Å²) in [5, 5.41) is 12.5. The van der Waals surface area contributed by atoms with E-state index in [1.54, 1.807) is 18.4 Å². The van der Waals surface area contributed by atoms with Gasteiger partial charge in [0.25, 0.3) is 0 Å². The number of fused-ring (bicyclic) bond motifs is 3. The number of aromatic nitrogens is 5. The molecule has 2 unspecified atom stereocenters. The summed E-state index contributed by atoms with van der Waals surface area (Å²) < 4.78 is 12.4. The summed E-state index contributed by atoms with van der Waals surface area (Å²) in [5.74, 6) is 1.11. The van der Waals surface area contributed by atoms with Crippen molar-refractivity contribution in [3.63, 3.8) is 0 Å². The van der Waals surface area contributed by atoms with Crippen LogP contribution in [0.1, 0.15) is 25.7 Å². The first-order chi connectivity index (χ1) is 15.8. The normalized spacial score (nSPS) is 22.2. The number of nitrogens with one attached hydrogen (secondary N) is 1. The van der Waals surface area contributed by atoms with Gasteiger partial charge in [-0.3, -0.25) is 0 Å². The molecule has 9 heteroatoms. The van der Waals surface area contributed by atoms with Crippen LogP contribution in [0.2, 0.25) is 0 Å². The Labute approximate surface area is 189 Å². The number of hydrogen-bond donors (Lipinski definition) is 1. The van der Waals surface area contributed by atoms with Crippen LogP contribution in [0.15, 0.2) is 42.2 Å². The van der Waals surface area contributed by atoms with E-state index in [0.29, 0.717) is 23.8 Å². The van der Waals surface area contributed by atoms with Crippen LogP contribution in [0.25, 0.3) is 32.7 Å². The van der Waals surface area contributed by atoms with Gasteiger partial charge in [0.2, 0.25) is 11.8 Å². The molecule has 6 rings (SSSR count). The van der Waals surface area contributed by atoms with E-state index in [-0.39, 0.29) is 6.10 Å². The lowest BCUT2D eigenvalue weighted by molar-refractivity contribution is 0.130. The second-order valence-electron chi connectivity index (χ2n) is 8.24. The van der Waals surface area contributed by atoms with Crippen molar-refractivity contribution in [2.24, 2.45) is 0 Å². The molecule has 32 heavy (non-hydrogen) atoms. The van der Waals surface area contributed by atoms with Gasteiger partial charge >= 0.3 is 0 Å². The number of hydrogen-bond acceptors (Lipinski definition) is 9. The van der Waals surface area contributed by atoms with Crippen molar-refractivity contribution in [3.8, 4) is 34.3 Å². The van der Waals surface area contributed by atoms with Crippen LogP contribution >= 0.6 is 11.3 Å². The molecule has 1 N–H and O–H groups in total. The minimum atomic E-state index is 0.214. The molecule has 1 aromatic carbocycles. The third-order valence-electron chi connectivity index (χ3n) is 6.24. The smallest absolute Gasteiger partial charge is 0.233 e. The highest BCUT2D eigenvalue weighted by molar-refractivity contribution is 7.17. The number of methoxy groups -OCH3 is 1. The van der Waals surface area contributed by atoms with Gasteiger partial charge < -0.3 is 14.8 Å². The van der Waals surface area contributed by atoms with Crippen LogP contribution in [0.3, 0.4) is 0 Å². The van der Waals surface area contributed by atoms with Crippen molar-refractivity contribution >= 4 is 21.6 Å². The maximum atomic E-state index is 6.15. The molecule has 0 aliphatic carbocycles. The topological polar surface area (TPSA) is 94.9 Å². The molecule has 0 spiro atoms. The molecule has 0 amide bonds. The Kier molecular flexibility index (Phi) is 4.92. The number of rotatable bonds is 5. The molecule has 0 saturated carbocycles. The van der Waals surface area contributed by atoms with Crippen molar-refractivity contribution in [2.45, 2.75) is 43.9 Å². The van der Waals surface area contributed by atoms with Crippen LogP contribution in [0, 0.1) is 0 Å². The molecule has 8 nitrogen and oxygen atoms in total. The summed E-state index contributed by atoms with van der Waals surface area (Å²) in [5.41, 5.74) is 6.20. The molecule has 2 saturated heterocycles. The van der Waals surface area contributed by atoms with Gasteiger partial charge in [0.05, 0.1) is 34.2 Å². The molecule has 4 aromatic rings. The van der Waals surface area contributed by atoms with Gasteiger partial charge in [0.1, 0.15) is 12.4 Å². The SMILES string of the molecule is COc1cc(-c2ccc(-c3ccc(OC4CC5CCC(C4)N5)nn3)c3scnc23)ncn1. The van der Waals surface area contributed by atoms with E-state index in [9.17, 15) is 0 Å². The van der Waals surface area contributed by atoms with Gasteiger partial charge in [-0.25, -0.2) is 15.0 Å². The molecule has 2 fully saturated rings. The van der Waals surface area contributed by atoms with Gasteiger partial charge in [0, 0.05) is 35.3 Å².